The molecule has 0 aliphatic carbocycles. The third kappa shape index (κ3) is 4.93. The lowest BCUT2D eigenvalue weighted by Crippen LogP contribution is -2.41. The van der Waals surface area contributed by atoms with E-state index in [1.807, 2.05) is 12.1 Å². The van der Waals surface area contributed by atoms with Gasteiger partial charge in [0.25, 0.3) is 0 Å². The number of nitrogens with zero attached hydrogens (tertiary/aromatic N) is 2. The molecule has 1 atom stereocenters. The zero-order chi connectivity index (χ0) is 15.1. The summed E-state index contributed by atoms with van der Waals surface area (Å²) in [5.41, 5.74) is 1.08. The standard InChI is InChI=1S/C16H25N3O2/c1-3-17-16(19(2)11-14-8-9-21-12-14)18-10-13-4-6-15(20)7-5-13/h4-7,14,20H,3,8-12H2,1-2H3,(H,17,18). The predicted molar refractivity (Wildman–Crippen MR) is 84.5 cm³/mol. The van der Waals surface area contributed by atoms with Gasteiger partial charge in [0.1, 0.15) is 5.75 Å². The maximum atomic E-state index is 9.30. The maximum Gasteiger partial charge on any atom is 0.193 e. The van der Waals surface area contributed by atoms with Crippen molar-refractivity contribution in [3.63, 3.8) is 0 Å². The third-order valence-electron chi connectivity index (χ3n) is 3.60. The van der Waals surface area contributed by atoms with Crippen LogP contribution in [0.15, 0.2) is 29.3 Å². The van der Waals surface area contributed by atoms with Gasteiger partial charge in [-0.3, -0.25) is 0 Å². The van der Waals surface area contributed by atoms with Crippen molar-refractivity contribution in [2.45, 2.75) is 19.9 Å². The Bertz CT molecular complexity index is 453. The fourth-order valence-corrected chi connectivity index (χ4v) is 2.44. The largest absolute Gasteiger partial charge is 0.508 e. The van der Waals surface area contributed by atoms with E-state index >= 15 is 0 Å². The highest BCUT2D eigenvalue weighted by Gasteiger charge is 2.18. The average Bonchev–Trinajstić information content (AvgIpc) is 2.98. The van der Waals surface area contributed by atoms with Crippen molar-refractivity contribution in [1.82, 2.24) is 10.2 Å². The first kappa shape index (κ1) is 15.6. The molecule has 116 valence electrons. The Morgan fingerprint density at radius 3 is 2.81 bits per heavy atom. The van der Waals surface area contributed by atoms with Crippen LogP contribution in [0.5, 0.6) is 5.75 Å². The van der Waals surface area contributed by atoms with Gasteiger partial charge in [-0.05, 0) is 31.0 Å². The number of ether oxygens (including phenoxy) is 1. The van der Waals surface area contributed by atoms with Crippen LogP contribution < -0.4 is 5.32 Å². The summed E-state index contributed by atoms with van der Waals surface area (Å²) in [5, 5.41) is 12.6. The summed E-state index contributed by atoms with van der Waals surface area (Å²) in [4.78, 5) is 6.83. The van der Waals surface area contributed by atoms with Crippen LogP contribution in [0.3, 0.4) is 0 Å². The lowest BCUT2D eigenvalue weighted by Gasteiger charge is -2.24. The highest BCUT2D eigenvalue weighted by molar-refractivity contribution is 5.79. The van der Waals surface area contributed by atoms with Crippen LogP contribution in [0.1, 0.15) is 18.9 Å². The Kier molecular flexibility index (Phi) is 5.87. The molecule has 0 amide bonds. The van der Waals surface area contributed by atoms with E-state index in [0.717, 1.165) is 44.2 Å². The molecule has 0 radical (unpaired) electrons. The molecule has 2 rings (SSSR count). The van der Waals surface area contributed by atoms with Crippen molar-refractivity contribution in [2.24, 2.45) is 10.9 Å². The van der Waals surface area contributed by atoms with Crippen LogP contribution in [0.2, 0.25) is 0 Å². The number of guanidine groups is 1. The summed E-state index contributed by atoms with van der Waals surface area (Å²) in [7, 11) is 2.07. The smallest absolute Gasteiger partial charge is 0.193 e. The van der Waals surface area contributed by atoms with Gasteiger partial charge in [-0.25, -0.2) is 4.99 Å². The van der Waals surface area contributed by atoms with Gasteiger partial charge in [0.05, 0.1) is 13.2 Å². The van der Waals surface area contributed by atoms with Crippen molar-refractivity contribution in [2.75, 3.05) is 33.4 Å². The van der Waals surface area contributed by atoms with E-state index in [9.17, 15) is 5.11 Å². The predicted octanol–water partition coefficient (Wildman–Crippen LogP) is 1.83. The molecule has 1 aliphatic rings. The molecular formula is C16H25N3O2. The molecule has 0 saturated carbocycles. The van der Waals surface area contributed by atoms with Crippen LogP contribution in [-0.2, 0) is 11.3 Å². The Morgan fingerprint density at radius 1 is 1.43 bits per heavy atom. The fourth-order valence-electron chi connectivity index (χ4n) is 2.44. The van der Waals surface area contributed by atoms with Crippen LogP contribution in [-0.4, -0.2) is 49.3 Å². The normalized spacial score (nSPS) is 18.8. The summed E-state index contributed by atoms with van der Waals surface area (Å²) >= 11 is 0. The summed E-state index contributed by atoms with van der Waals surface area (Å²) in [6.07, 6.45) is 1.13. The zero-order valence-corrected chi connectivity index (χ0v) is 12.9. The van der Waals surface area contributed by atoms with Gasteiger partial charge in [0, 0.05) is 32.7 Å². The quantitative estimate of drug-likeness (QED) is 0.642. The van der Waals surface area contributed by atoms with E-state index in [0.29, 0.717) is 12.5 Å². The monoisotopic (exact) mass is 291 g/mol. The van der Waals surface area contributed by atoms with Crippen molar-refractivity contribution in [3.05, 3.63) is 29.8 Å². The molecule has 5 heteroatoms. The van der Waals surface area contributed by atoms with Gasteiger partial charge in [0.2, 0.25) is 0 Å². The van der Waals surface area contributed by atoms with Crippen molar-refractivity contribution >= 4 is 5.96 Å². The van der Waals surface area contributed by atoms with Gasteiger partial charge < -0.3 is 20.1 Å². The summed E-state index contributed by atoms with van der Waals surface area (Å²) in [6, 6.07) is 7.18. The first-order valence-corrected chi connectivity index (χ1v) is 7.54. The number of phenolic OH excluding ortho intramolecular Hbond substituents is 1. The molecule has 1 aliphatic heterocycles. The van der Waals surface area contributed by atoms with Crippen molar-refractivity contribution in [1.29, 1.82) is 0 Å². The summed E-state index contributed by atoms with van der Waals surface area (Å²) < 4.78 is 5.43. The Labute approximate surface area is 126 Å². The zero-order valence-electron chi connectivity index (χ0n) is 12.9. The van der Waals surface area contributed by atoms with E-state index in [1.54, 1.807) is 12.1 Å². The second-order valence-electron chi connectivity index (χ2n) is 5.45. The molecule has 1 aromatic rings. The number of nitrogens with one attached hydrogen (secondary N) is 1. The third-order valence-corrected chi connectivity index (χ3v) is 3.60. The Balaban J connectivity index is 1.95. The highest BCUT2D eigenvalue weighted by atomic mass is 16.5. The molecule has 0 spiro atoms. The summed E-state index contributed by atoms with van der Waals surface area (Å²) in [6.45, 7) is 6.21. The van der Waals surface area contributed by atoms with Crippen molar-refractivity contribution < 1.29 is 9.84 Å². The molecule has 0 aromatic heterocycles. The number of aliphatic imine (C=N–C) groups is 1. The SMILES string of the molecule is CCNC(=NCc1ccc(O)cc1)N(C)CC1CCOC1. The molecular weight excluding hydrogens is 266 g/mol. The first-order valence-electron chi connectivity index (χ1n) is 7.54. The van der Waals surface area contributed by atoms with Gasteiger partial charge in [0.15, 0.2) is 5.96 Å². The average molecular weight is 291 g/mol. The Hall–Kier alpha value is -1.75. The van der Waals surface area contributed by atoms with Gasteiger partial charge in [-0.2, -0.15) is 0 Å². The topological polar surface area (TPSA) is 57.1 Å². The van der Waals surface area contributed by atoms with Crippen LogP contribution >= 0.6 is 0 Å². The van der Waals surface area contributed by atoms with E-state index in [2.05, 4.69) is 29.2 Å². The highest BCUT2D eigenvalue weighted by Crippen LogP contribution is 2.14. The minimum absolute atomic E-state index is 0.285. The summed E-state index contributed by atoms with van der Waals surface area (Å²) in [5.74, 6) is 1.79. The number of aromatic hydroxyl groups is 1. The second kappa shape index (κ2) is 7.88. The fraction of sp³-hybridized carbons (Fsp3) is 0.562. The Morgan fingerprint density at radius 2 is 2.19 bits per heavy atom. The number of benzene rings is 1. The molecule has 5 nitrogen and oxygen atoms in total. The molecule has 1 aromatic carbocycles. The number of hydrogen-bond acceptors (Lipinski definition) is 3. The first-order chi connectivity index (χ1) is 10.2. The van der Waals surface area contributed by atoms with E-state index in [4.69, 9.17) is 4.74 Å². The number of hydrogen-bond donors (Lipinski definition) is 2. The molecule has 21 heavy (non-hydrogen) atoms. The molecule has 1 saturated heterocycles. The number of phenols is 1. The van der Waals surface area contributed by atoms with Crippen LogP contribution in [0.25, 0.3) is 0 Å². The van der Waals surface area contributed by atoms with Gasteiger partial charge in [-0.1, -0.05) is 12.1 Å². The van der Waals surface area contributed by atoms with E-state index < -0.39 is 0 Å². The maximum absolute atomic E-state index is 9.30. The lowest BCUT2D eigenvalue weighted by molar-refractivity contribution is 0.181. The molecule has 1 fully saturated rings. The van der Waals surface area contributed by atoms with Crippen LogP contribution in [0, 0.1) is 5.92 Å². The second-order valence-corrected chi connectivity index (χ2v) is 5.45. The molecule has 2 N–H and O–H groups in total. The minimum atomic E-state index is 0.285. The van der Waals surface area contributed by atoms with Crippen molar-refractivity contribution in [3.8, 4) is 5.75 Å². The number of rotatable bonds is 5. The molecule has 0 bridgehead atoms. The molecule has 1 unspecified atom stereocenters. The van der Waals surface area contributed by atoms with Crippen LogP contribution in [0.4, 0.5) is 0 Å². The van der Waals surface area contributed by atoms with Gasteiger partial charge in [-0.15, -0.1) is 0 Å². The van der Waals surface area contributed by atoms with E-state index in [1.165, 1.54) is 0 Å². The van der Waals surface area contributed by atoms with Gasteiger partial charge >= 0.3 is 0 Å². The van der Waals surface area contributed by atoms with E-state index in [-0.39, 0.29) is 5.75 Å². The minimum Gasteiger partial charge on any atom is -0.508 e. The lowest BCUT2D eigenvalue weighted by atomic mass is 10.1. The molecule has 1 heterocycles.